The van der Waals surface area contributed by atoms with Crippen molar-refractivity contribution in [3.05, 3.63) is 0 Å². The Morgan fingerprint density at radius 1 is 1.44 bits per heavy atom. The molecule has 0 bridgehead atoms. The quantitative estimate of drug-likeness (QED) is 0.779. The topological polar surface area (TPSA) is 81.1 Å². The normalized spacial score (nSPS) is 20.0. The summed E-state index contributed by atoms with van der Waals surface area (Å²) in [7, 11) is 0. The van der Waals surface area contributed by atoms with Gasteiger partial charge in [-0.25, -0.2) is 9.59 Å². The molecular weight excluding hydrogens is 236 g/mol. The molecule has 6 heteroatoms. The van der Waals surface area contributed by atoms with Crippen LogP contribution in [0, 0.1) is 0 Å². The highest BCUT2D eigenvalue weighted by atomic mass is 16.4. The minimum atomic E-state index is -0.982. The molecule has 1 atom stereocenters. The number of likely N-dealkylation sites (tertiary alicyclic amines) is 1. The lowest BCUT2D eigenvalue weighted by molar-refractivity contribution is -0.141. The third kappa shape index (κ3) is 3.60. The SMILES string of the molecule is CCN(CC(C)(C)O)C(=O)N1CCC[C@H]1C(=O)O. The number of hydrogen-bond donors (Lipinski definition) is 2. The van der Waals surface area contributed by atoms with Gasteiger partial charge < -0.3 is 20.0 Å². The molecule has 6 nitrogen and oxygen atoms in total. The smallest absolute Gasteiger partial charge is 0.326 e. The standard InChI is InChI=1S/C12H22N2O4/c1-4-13(8-12(2,3)18)11(17)14-7-5-6-9(14)10(15)16/h9,18H,4-8H2,1-3H3,(H,15,16)/t9-/m0/s1. The number of carbonyl (C=O) groups excluding carboxylic acids is 1. The van der Waals surface area contributed by atoms with E-state index in [1.165, 1.54) is 9.80 Å². The van der Waals surface area contributed by atoms with E-state index in [1.807, 2.05) is 6.92 Å². The molecule has 0 saturated carbocycles. The van der Waals surface area contributed by atoms with E-state index in [0.717, 1.165) is 0 Å². The van der Waals surface area contributed by atoms with Crippen LogP contribution in [0.3, 0.4) is 0 Å². The Bertz CT molecular complexity index is 325. The summed E-state index contributed by atoms with van der Waals surface area (Å²) in [6.07, 6.45) is 1.21. The van der Waals surface area contributed by atoms with E-state index in [0.29, 0.717) is 25.9 Å². The third-order valence-corrected chi connectivity index (χ3v) is 3.01. The highest BCUT2D eigenvalue weighted by Gasteiger charge is 2.36. The maximum absolute atomic E-state index is 12.2. The minimum absolute atomic E-state index is 0.200. The van der Waals surface area contributed by atoms with Gasteiger partial charge >= 0.3 is 12.0 Å². The van der Waals surface area contributed by atoms with Gasteiger partial charge in [0, 0.05) is 13.1 Å². The molecule has 1 aliphatic rings. The van der Waals surface area contributed by atoms with Crippen LogP contribution in [-0.4, -0.2) is 63.3 Å². The monoisotopic (exact) mass is 258 g/mol. The van der Waals surface area contributed by atoms with Crippen molar-refractivity contribution < 1.29 is 19.8 Å². The van der Waals surface area contributed by atoms with Crippen LogP contribution in [0.15, 0.2) is 0 Å². The summed E-state index contributed by atoms with van der Waals surface area (Å²) in [5.74, 6) is -0.958. The average Bonchev–Trinajstić information content (AvgIpc) is 2.72. The van der Waals surface area contributed by atoms with Crippen LogP contribution in [-0.2, 0) is 4.79 Å². The zero-order valence-electron chi connectivity index (χ0n) is 11.2. The van der Waals surface area contributed by atoms with E-state index >= 15 is 0 Å². The first kappa shape index (κ1) is 14.8. The van der Waals surface area contributed by atoms with Crippen molar-refractivity contribution >= 4 is 12.0 Å². The number of hydrogen-bond acceptors (Lipinski definition) is 3. The van der Waals surface area contributed by atoms with Crippen molar-refractivity contribution in [2.24, 2.45) is 0 Å². The summed E-state index contributed by atoms with van der Waals surface area (Å²) in [6.45, 7) is 6.19. The lowest BCUT2D eigenvalue weighted by atomic mass is 10.1. The second-order valence-corrected chi connectivity index (χ2v) is 5.30. The maximum Gasteiger partial charge on any atom is 0.326 e. The van der Waals surface area contributed by atoms with Gasteiger partial charge in [-0.2, -0.15) is 0 Å². The zero-order chi connectivity index (χ0) is 13.9. The van der Waals surface area contributed by atoms with E-state index in [2.05, 4.69) is 0 Å². The number of aliphatic hydroxyl groups is 1. The summed E-state index contributed by atoms with van der Waals surface area (Å²) >= 11 is 0. The maximum atomic E-state index is 12.2. The number of likely N-dealkylation sites (N-methyl/N-ethyl adjacent to an activating group) is 1. The van der Waals surface area contributed by atoms with Crippen LogP contribution in [0.4, 0.5) is 4.79 Å². The van der Waals surface area contributed by atoms with Crippen molar-refractivity contribution in [2.75, 3.05) is 19.6 Å². The van der Waals surface area contributed by atoms with Crippen LogP contribution in [0.5, 0.6) is 0 Å². The predicted molar refractivity (Wildman–Crippen MR) is 66.3 cm³/mol. The Hall–Kier alpha value is -1.30. The predicted octanol–water partition coefficient (Wildman–Crippen LogP) is 0.748. The summed E-state index contributed by atoms with van der Waals surface area (Å²) in [4.78, 5) is 26.2. The summed E-state index contributed by atoms with van der Waals surface area (Å²) < 4.78 is 0. The molecule has 1 fully saturated rings. The van der Waals surface area contributed by atoms with Crippen molar-refractivity contribution in [2.45, 2.75) is 45.3 Å². The molecule has 2 amide bonds. The van der Waals surface area contributed by atoms with E-state index in [1.54, 1.807) is 13.8 Å². The summed E-state index contributed by atoms with van der Waals surface area (Å²) in [6, 6.07) is -1.03. The molecule has 0 aromatic heterocycles. The molecule has 104 valence electrons. The zero-order valence-corrected chi connectivity index (χ0v) is 11.2. The van der Waals surface area contributed by atoms with Gasteiger partial charge in [0.15, 0.2) is 0 Å². The number of aliphatic carboxylic acids is 1. The second kappa shape index (κ2) is 5.56. The van der Waals surface area contributed by atoms with Gasteiger partial charge in [-0.05, 0) is 33.6 Å². The van der Waals surface area contributed by atoms with Crippen LogP contribution in [0.25, 0.3) is 0 Å². The lowest BCUT2D eigenvalue weighted by Crippen LogP contribution is -2.51. The molecule has 18 heavy (non-hydrogen) atoms. The van der Waals surface area contributed by atoms with Crippen LogP contribution in [0.2, 0.25) is 0 Å². The highest BCUT2D eigenvalue weighted by Crippen LogP contribution is 2.20. The first-order chi connectivity index (χ1) is 8.26. The molecule has 1 aliphatic heterocycles. The van der Waals surface area contributed by atoms with Crippen LogP contribution in [0.1, 0.15) is 33.6 Å². The Kier molecular flexibility index (Phi) is 4.56. The third-order valence-electron chi connectivity index (χ3n) is 3.01. The Morgan fingerprint density at radius 3 is 2.50 bits per heavy atom. The summed E-state index contributed by atoms with van der Waals surface area (Å²) in [5.41, 5.74) is -0.982. The molecule has 0 aromatic carbocycles. The first-order valence-electron chi connectivity index (χ1n) is 6.27. The molecule has 0 unspecified atom stereocenters. The van der Waals surface area contributed by atoms with Gasteiger partial charge in [-0.15, -0.1) is 0 Å². The van der Waals surface area contributed by atoms with Crippen molar-refractivity contribution in [1.82, 2.24) is 9.80 Å². The molecule has 0 aromatic rings. The Balaban J connectivity index is 2.74. The van der Waals surface area contributed by atoms with Crippen molar-refractivity contribution in [3.63, 3.8) is 0 Å². The van der Waals surface area contributed by atoms with Crippen LogP contribution >= 0.6 is 0 Å². The van der Waals surface area contributed by atoms with Gasteiger partial charge in [0.05, 0.1) is 12.1 Å². The lowest BCUT2D eigenvalue weighted by Gasteiger charge is -2.33. The fourth-order valence-electron chi connectivity index (χ4n) is 2.22. The molecular formula is C12H22N2O4. The number of carboxylic acids is 1. The Morgan fingerprint density at radius 2 is 2.06 bits per heavy atom. The van der Waals surface area contributed by atoms with Gasteiger partial charge in [-0.1, -0.05) is 0 Å². The number of amides is 2. The molecule has 0 radical (unpaired) electrons. The number of nitrogens with zero attached hydrogens (tertiary/aromatic N) is 2. The van der Waals surface area contributed by atoms with E-state index in [-0.39, 0.29) is 12.6 Å². The Labute approximate surface area is 107 Å². The highest BCUT2D eigenvalue weighted by molar-refractivity contribution is 5.83. The van der Waals surface area contributed by atoms with Crippen molar-refractivity contribution in [3.8, 4) is 0 Å². The summed E-state index contributed by atoms with van der Waals surface area (Å²) in [5, 5.41) is 18.8. The van der Waals surface area contributed by atoms with Gasteiger partial charge in [0.1, 0.15) is 6.04 Å². The van der Waals surface area contributed by atoms with E-state index < -0.39 is 17.6 Å². The van der Waals surface area contributed by atoms with Crippen LogP contribution < -0.4 is 0 Å². The van der Waals surface area contributed by atoms with E-state index in [4.69, 9.17) is 5.11 Å². The van der Waals surface area contributed by atoms with Gasteiger partial charge in [-0.3, -0.25) is 0 Å². The van der Waals surface area contributed by atoms with E-state index in [9.17, 15) is 14.7 Å². The first-order valence-corrected chi connectivity index (χ1v) is 6.27. The van der Waals surface area contributed by atoms with Gasteiger partial charge in [0.2, 0.25) is 0 Å². The molecule has 1 heterocycles. The number of carboxylic acid groups (broad SMARTS) is 1. The number of rotatable bonds is 4. The van der Waals surface area contributed by atoms with Crippen molar-refractivity contribution in [1.29, 1.82) is 0 Å². The molecule has 2 N–H and O–H groups in total. The fraction of sp³-hybridized carbons (Fsp3) is 0.833. The number of urea groups is 1. The van der Waals surface area contributed by atoms with Gasteiger partial charge in [0.25, 0.3) is 0 Å². The average molecular weight is 258 g/mol. The molecule has 0 aliphatic carbocycles. The molecule has 0 spiro atoms. The fourth-order valence-corrected chi connectivity index (χ4v) is 2.22. The molecule has 1 rings (SSSR count). The minimum Gasteiger partial charge on any atom is -0.480 e. The number of carbonyl (C=O) groups is 2. The largest absolute Gasteiger partial charge is 0.480 e. The second-order valence-electron chi connectivity index (χ2n) is 5.30. The molecule has 1 saturated heterocycles.